The van der Waals surface area contributed by atoms with Crippen molar-refractivity contribution in [1.29, 1.82) is 0 Å². The maximum Gasteiger partial charge on any atom is 0.280 e. The molecule has 0 saturated carbocycles. The average molecular weight is 362 g/mol. The Bertz CT molecular complexity index is 981. The zero-order valence-corrected chi connectivity index (χ0v) is 15.3. The number of ether oxygens (including phenoxy) is 1. The molecule has 1 saturated heterocycles. The lowest BCUT2D eigenvalue weighted by atomic mass is 10.2. The third kappa shape index (κ3) is 3.71. The first-order valence-corrected chi connectivity index (χ1v) is 9.06. The summed E-state index contributed by atoms with van der Waals surface area (Å²) in [5, 5.41) is 3.11. The molecule has 4 rings (SSSR count). The quantitative estimate of drug-likeness (QED) is 0.726. The Kier molecular flexibility index (Phi) is 4.89. The number of benzene rings is 2. The number of aliphatic imine (C=N–C) groups is 1. The van der Waals surface area contributed by atoms with E-state index >= 15 is 0 Å². The Hall–Kier alpha value is -3.12. The highest BCUT2D eigenvalue weighted by Gasteiger charge is 2.12. The number of morpholine rings is 1. The number of aromatic nitrogens is 2. The molecule has 0 spiro atoms. The van der Waals surface area contributed by atoms with Crippen molar-refractivity contribution in [3.05, 3.63) is 76.2 Å². The van der Waals surface area contributed by atoms with E-state index in [1.807, 2.05) is 49.4 Å². The van der Waals surface area contributed by atoms with Gasteiger partial charge in [-0.2, -0.15) is 0 Å². The second-order valence-electron chi connectivity index (χ2n) is 6.50. The second-order valence-corrected chi connectivity index (χ2v) is 6.50. The lowest BCUT2D eigenvalue weighted by Gasteiger charge is -2.28. The minimum absolute atomic E-state index is 0.104. The zero-order valence-electron chi connectivity index (χ0n) is 15.3. The summed E-state index contributed by atoms with van der Waals surface area (Å²) in [6.07, 6.45) is 1.64. The van der Waals surface area contributed by atoms with Gasteiger partial charge in [-0.15, -0.1) is 0 Å². The largest absolute Gasteiger partial charge is 0.378 e. The summed E-state index contributed by atoms with van der Waals surface area (Å²) in [6.45, 7) is 5.22. The minimum Gasteiger partial charge on any atom is -0.378 e. The van der Waals surface area contributed by atoms with Gasteiger partial charge in [-0.1, -0.05) is 18.2 Å². The fourth-order valence-electron chi connectivity index (χ4n) is 3.18. The summed E-state index contributed by atoms with van der Waals surface area (Å²) in [4.78, 5) is 19.5. The van der Waals surface area contributed by atoms with E-state index in [1.54, 1.807) is 6.21 Å². The lowest BCUT2D eigenvalue weighted by Crippen LogP contribution is -2.36. The van der Waals surface area contributed by atoms with Gasteiger partial charge >= 0.3 is 0 Å². The summed E-state index contributed by atoms with van der Waals surface area (Å²) < 4.78 is 6.93. The van der Waals surface area contributed by atoms with Crippen LogP contribution in [0.2, 0.25) is 0 Å². The van der Waals surface area contributed by atoms with E-state index in [4.69, 9.17) is 4.74 Å². The number of H-pyrrole nitrogens is 1. The first kappa shape index (κ1) is 17.3. The van der Waals surface area contributed by atoms with Crippen molar-refractivity contribution in [1.82, 2.24) is 9.78 Å². The van der Waals surface area contributed by atoms with E-state index in [1.165, 1.54) is 10.4 Å². The van der Waals surface area contributed by atoms with Crippen LogP contribution in [0.25, 0.3) is 5.69 Å². The smallest absolute Gasteiger partial charge is 0.280 e. The van der Waals surface area contributed by atoms with Crippen molar-refractivity contribution in [2.24, 2.45) is 4.99 Å². The van der Waals surface area contributed by atoms with Crippen LogP contribution in [0.4, 0.5) is 11.4 Å². The molecule has 1 aromatic heterocycles. The number of aryl methyl sites for hydroxylation is 1. The van der Waals surface area contributed by atoms with Gasteiger partial charge in [0.05, 0.1) is 30.2 Å². The van der Waals surface area contributed by atoms with Crippen LogP contribution in [0.5, 0.6) is 0 Å². The van der Waals surface area contributed by atoms with Crippen LogP contribution < -0.4 is 10.5 Å². The van der Waals surface area contributed by atoms with Gasteiger partial charge in [-0.05, 0) is 43.3 Å². The van der Waals surface area contributed by atoms with Crippen molar-refractivity contribution < 1.29 is 4.74 Å². The zero-order chi connectivity index (χ0) is 18.6. The predicted molar refractivity (Wildman–Crippen MR) is 108 cm³/mol. The molecule has 1 aliphatic rings. The maximum absolute atomic E-state index is 12.7. The van der Waals surface area contributed by atoms with Gasteiger partial charge in [-0.25, -0.2) is 4.68 Å². The molecular weight excluding hydrogens is 340 g/mol. The third-order valence-corrected chi connectivity index (χ3v) is 4.70. The molecule has 6 nitrogen and oxygen atoms in total. The normalized spacial score (nSPS) is 14.8. The average Bonchev–Trinajstić information content (AvgIpc) is 3.02. The van der Waals surface area contributed by atoms with Crippen LogP contribution in [0.15, 0.2) is 64.4 Å². The van der Waals surface area contributed by atoms with Crippen molar-refractivity contribution in [2.75, 3.05) is 31.2 Å². The van der Waals surface area contributed by atoms with E-state index in [-0.39, 0.29) is 5.56 Å². The van der Waals surface area contributed by atoms with Gasteiger partial charge in [0.2, 0.25) is 0 Å². The maximum atomic E-state index is 12.7. The van der Waals surface area contributed by atoms with Crippen molar-refractivity contribution in [2.45, 2.75) is 6.92 Å². The highest BCUT2D eigenvalue weighted by atomic mass is 16.5. The van der Waals surface area contributed by atoms with E-state index in [9.17, 15) is 4.79 Å². The Morgan fingerprint density at radius 1 is 1.00 bits per heavy atom. The molecule has 1 N–H and O–H groups in total. The molecule has 138 valence electrons. The highest BCUT2D eigenvalue weighted by molar-refractivity contribution is 5.83. The molecule has 3 aromatic rings. The molecule has 0 atom stereocenters. The van der Waals surface area contributed by atoms with E-state index in [0.29, 0.717) is 5.56 Å². The summed E-state index contributed by atoms with van der Waals surface area (Å²) in [5.41, 5.74) is 4.04. The summed E-state index contributed by atoms with van der Waals surface area (Å²) in [7, 11) is 0. The number of nitrogens with one attached hydrogen (secondary N) is 1. The predicted octanol–water partition coefficient (Wildman–Crippen LogP) is 3.06. The number of anilines is 1. The number of hydrogen-bond acceptors (Lipinski definition) is 4. The van der Waals surface area contributed by atoms with Gasteiger partial charge in [0, 0.05) is 30.7 Å². The SMILES string of the molecule is Cc1[nH]n(-c2ccccc2)c(=O)c1C=Nc1ccc(N2CCOCC2)cc1. The van der Waals surface area contributed by atoms with Crippen LogP contribution in [-0.2, 0) is 4.74 Å². The fourth-order valence-corrected chi connectivity index (χ4v) is 3.18. The summed E-state index contributed by atoms with van der Waals surface area (Å²) in [5.74, 6) is 0. The first-order chi connectivity index (χ1) is 13.2. The third-order valence-electron chi connectivity index (χ3n) is 4.70. The van der Waals surface area contributed by atoms with Gasteiger partial charge in [0.15, 0.2) is 0 Å². The van der Waals surface area contributed by atoms with Crippen LogP contribution in [0.3, 0.4) is 0 Å². The molecule has 0 unspecified atom stereocenters. The molecule has 0 bridgehead atoms. The monoisotopic (exact) mass is 362 g/mol. The number of para-hydroxylation sites is 1. The number of aromatic amines is 1. The number of nitrogens with zero attached hydrogens (tertiary/aromatic N) is 3. The van der Waals surface area contributed by atoms with Crippen LogP contribution >= 0.6 is 0 Å². The number of rotatable bonds is 4. The molecule has 1 fully saturated rings. The van der Waals surface area contributed by atoms with Gasteiger partial charge in [-0.3, -0.25) is 14.9 Å². The lowest BCUT2D eigenvalue weighted by molar-refractivity contribution is 0.122. The van der Waals surface area contributed by atoms with Crippen LogP contribution in [-0.4, -0.2) is 42.3 Å². The molecule has 0 amide bonds. The summed E-state index contributed by atoms with van der Waals surface area (Å²) in [6, 6.07) is 17.6. The van der Waals surface area contributed by atoms with Crippen molar-refractivity contribution >= 4 is 17.6 Å². The van der Waals surface area contributed by atoms with Crippen LogP contribution in [0, 0.1) is 6.92 Å². The Balaban J connectivity index is 1.55. The van der Waals surface area contributed by atoms with E-state index in [2.05, 4.69) is 27.1 Å². The minimum atomic E-state index is -0.104. The number of hydrogen-bond donors (Lipinski definition) is 1. The fraction of sp³-hybridized carbons (Fsp3) is 0.238. The Morgan fingerprint density at radius 2 is 1.70 bits per heavy atom. The molecule has 27 heavy (non-hydrogen) atoms. The van der Waals surface area contributed by atoms with Gasteiger partial charge in [0.1, 0.15) is 0 Å². The van der Waals surface area contributed by atoms with E-state index in [0.717, 1.165) is 43.4 Å². The molecule has 0 radical (unpaired) electrons. The first-order valence-electron chi connectivity index (χ1n) is 9.06. The van der Waals surface area contributed by atoms with Gasteiger partial charge < -0.3 is 9.64 Å². The van der Waals surface area contributed by atoms with Crippen molar-refractivity contribution in [3.63, 3.8) is 0 Å². The van der Waals surface area contributed by atoms with Gasteiger partial charge in [0.25, 0.3) is 5.56 Å². The summed E-state index contributed by atoms with van der Waals surface area (Å²) >= 11 is 0. The Morgan fingerprint density at radius 3 is 2.41 bits per heavy atom. The van der Waals surface area contributed by atoms with E-state index < -0.39 is 0 Å². The van der Waals surface area contributed by atoms with Crippen molar-refractivity contribution in [3.8, 4) is 5.69 Å². The molecule has 2 aromatic carbocycles. The Labute approximate surface area is 157 Å². The molecular formula is C21H22N4O2. The molecule has 2 heterocycles. The standard InChI is InChI=1S/C21H22N4O2/c1-16-20(21(26)25(23-16)19-5-3-2-4-6-19)15-22-17-7-9-18(10-8-17)24-11-13-27-14-12-24/h2-10,15,23H,11-14H2,1H3. The highest BCUT2D eigenvalue weighted by Crippen LogP contribution is 2.20. The molecule has 1 aliphatic heterocycles. The second kappa shape index (κ2) is 7.63. The van der Waals surface area contributed by atoms with Crippen LogP contribution in [0.1, 0.15) is 11.3 Å². The molecule has 0 aliphatic carbocycles. The molecule has 6 heteroatoms. The topological polar surface area (TPSA) is 62.6 Å².